The van der Waals surface area contributed by atoms with Gasteiger partial charge in [0.15, 0.2) is 0 Å². The van der Waals surface area contributed by atoms with E-state index in [1.807, 2.05) is 0 Å². The topological polar surface area (TPSA) is 98.7 Å². The molecule has 3 amide bonds. The van der Waals surface area contributed by atoms with E-state index in [1.54, 1.807) is 4.90 Å². The standard InChI is InChI=1S/C23H30F3N3O4/c24-23(25,26)16-4-6-17(7-5-16)27-21(33)28-18-8-12-29(13-9-18)19(30)14-22(15-20(31)32)10-2-1-3-11-22/h4-7,18H,1-3,8-15H2,(H,31,32)(H2,27,28,33). The van der Waals surface area contributed by atoms with Crippen molar-refractivity contribution in [2.75, 3.05) is 18.4 Å². The fraction of sp³-hybridized carbons (Fsp3) is 0.609. The Bertz CT molecular complexity index is 844. The Morgan fingerprint density at radius 3 is 2.15 bits per heavy atom. The van der Waals surface area contributed by atoms with Gasteiger partial charge in [-0.3, -0.25) is 9.59 Å². The molecule has 1 aromatic carbocycles. The zero-order chi connectivity index (χ0) is 24.1. The van der Waals surface area contributed by atoms with E-state index in [4.69, 9.17) is 0 Å². The SMILES string of the molecule is O=C(O)CC1(CC(=O)N2CCC(NC(=O)Nc3ccc(C(F)(F)F)cc3)CC2)CCCCC1. The Hall–Kier alpha value is -2.78. The number of amides is 3. The highest BCUT2D eigenvalue weighted by Crippen LogP contribution is 2.43. The van der Waals surface area contributed by atoms with E-state index in [1.165, 1.54) is 12.1 Å². The number of nitrogens with one attached hydrogen (secondary N) is 2. The molecule has 0 bridgehead atoms. The number of carboxylic acid groups (broad SMARTS) is 1. The maximum Gasteiger partial charge on any atom is 0.416 e. The van der Waals surface area contributed by atoms with Crippen molar-refractivity contribution in [3.63, 3.8) is 0 Å². The number of carboxylic acids is 1. The molecule has 1 heterocycles. The summed E-state index contributed by atoms with van der Waals surface area (Å²) < 4.78 is 37.9. The predicted molar refractivity (Wildman–Crippen MR) is 116 cm³/mol. The Morgan fingerprint density at radius 2 is 1.61 bits per heavy atom. The van der Waals surface area contributed by atoms with Crippen LogP contribution in [0.15, 0.2) is 24.3 Å². The molecule has 0 spiro atoms. The number of urea groups is 1. The maximum atomic E-state index is 12.9. The molecular formula is C23H30F3N3O4. The molecule has 1 saturated heterocycles. The van der Waals surface area contributed by atoms with Gasteiger partial charge in [-0.2, -0.15) is 13.2 Å². The van der Waals surface area contributed by atoms with E-state index in [9.17, 15) is 32.7 Å². The van der Waals surface area contributed by atoms with Gasteiger partial charge in [-0.15, -0.1) is 0 Å². The van der Waals surface area contributed by atoms with Crippen LogP contribution in [-0.2, 0) is 15.8 Å². The van der Waals surface area contributed by atoms with Crippen molar-refractivity contribution in [3.05, 3.63) is 29.8 Å². The smallest absolute Gasteiger partial charge is 0.416 e. The van der Waals surface area contributed by atoms with Gasteiger partial charge in [-0.1, -0.05) is 19.3 Å². The van der Waals surface area contributed by atoms with Crippen molar-refractivity contribution < 1.29 is 32.7 Å². The summed E-state index contributed by atoms with van der Waals surface area (Å²) in [5.74, 6) is -0.905. The number of anilines is 1. The van der Waals surface area contributed by atoms with Gasteiger partial charge in [-0.05, 0) is 55.4 Å². The average Bonchev–Trinajstić information content (AvgIpc) is 2.74. The van der Waals surface area contributed by atoms with E-state index >= 15 is 0 Å². The van der Waals surface area contributed by atoms with Gasteiger partial charge >= 0.3 is 18.2 Å². The van der Waals surface area contributed by atoms with E-state index in [2.05, 4.69) is 10.6 Å². The molecule has 3 N–H and O–H groups in total. The van der Waals surface area contributed by atoms with Gasteiger partial charge in [-0.25, -0.2) is 4.79 Å². The van der Waals surface area contributed by atoms with Crippen molar-refractivity contribution in [1.82, 2.24) is 10.2 Å². The minimum absolute atomic E-state index is 0.0148. The zero-order valence-corrected chi connectivity index (χ0v) is 18.4. The highest BCUT2D eigenvalue weighted by atomic mass is 19.4. The monoisotopic (exact) mass is 469 g/mol. The van der Waals surface area contributed by atoms with Crippen molar-refractivity contribution in [3.8, 4) is 0 Å². The number of hydrogen-bond acceptors (Lipinski definition) is 3. The molecule has 3 rings (SSSR count). The van der Waals surface area contributed by atoms with Crippen LogP contribution >= 0.6 is 0 Å². The first-order valence-electron chi connectivity index (χ1n) is 11.3. The molecule has 0 radical (unpaired) electrons. The molecule has 33 heavy (non-hydrogen) atoms. The molecule has 0 atom stereocenters. The summed E-state index contributed by atoms with van der Waals surface area (Å²) in [5.41, 5.74) is -0.995. The van der Waals surface area contributed by atoms with Crippen LogP contribution in [0.4, 0.5) is 23.7 Å². The molecule has 0 unspecified atom stereocenters. The summed E-state index contributed by atoms with van der Waals surface area (Å²) in [5, 5.41) is 14.6. The first-order valence-corrected chi connectivity index (χ1v) is 11.3. The van der Waals surface area contributed by atoms with Gasteiger partial charge in [0.25, 0.3) is 0 Å². The Labute approximate surface area is 190 Å². The third-order valence-corrected chi connectivity index (χ3v) is 6.62. The summed E-state index contributed by atoms with van der Waals surface area (Å²) >= 11 is 0. The van der Waals surface area contributed by atoms with E-state index in [0.717, 1.165) is 44.2 Å². The molecule has 10 heteroatoms. The van der Waals surface area contributed by atoms with Crippen LogP contribution < -0.4 is 10.6 Å². The van der Waals surface area contributed by atoms with Crippen molar-refractivity contribution in [1.29, 1.82) is 0 Å². The second-order valence-electron chi connectivity index (χ2n) is 9.14. The fourth-order valence-corrected chi connectivity index (χ4v) is 4.84. The van der Waals surface area contributed by atoms with Crippen molar-refractivity contribution in [2.45, 2.75) is 70.0 Å². The summed E-state index contributed by atoms with van der Waals surface area (Å²) in [6, 6.07) is 3.53. The molecule has 7 nitrogen and oxygen atoms in total. The summed E-state index contributed by atoms with van der Waals surface area (Å²) in [6.45, 7) is 0.931. The number of halogens is 3. The Morgan fingerprint density at radius 1 is 1.00 bits per heavy atom. The summed E-state index contributed by atoms with van der Waals surface area (Å²) in [4.78, 5) is 38.2. The third kappa shape index (κ3) is 7.10. The highest BCUT2D eigenvalue weighted by molar-refractivity contribution is 5.89. The molecule has 1 aliphatic carbocycles. The van der Waals surface area contributed by atoms with Gasteiger partial charge in [0.05, 0.1) is 12.0 Å². The molecule has 1 saturated carbocycles. The minimum atomic E-state index is -4.43. The Kier molecular flexibility index (Phi) is 7.86. The lowest BCUT2D eigenvalue weighted by Gasteiger charge is -2.39. The molecule has 182 valence electrons. The van der Waals surface area contributed by atoms with E-state index in [-0.39, 0.29) is 30.5 Å². The molecule has 2 aliphatic rings. The fourth-order valence-electron chi connectivity index (χ4n) is 4.84. The first-order chi connectivity index (χ1) is 15.6. The molecule has 1 aromatic rings. The number of likely N-dealkylation sites (tertiary alicyclic amines) is 1. The normalized spacial score (nSPS) is 19.1. The van der Waals surface area contributed by atoms with Crippen LogP contribution in [0.2, 0.25) is 0 Å². The van der Waals surface area contributed by atoms with Gasteiger partial charge < -0.3 is 20.6 Å². The largest absolute Gasteiger partial charge is 0.481 e. The summed E-state index contributed by atoms with van der Waals surface area (Å²) in [6.07, 6.45) is 1.40. The van der Waals surface area contributed by atoms with Crippen molar-refractivity contribution >= 4 is 23.6 Å². The van der Waals surface area contributed by atoms with Crippen molar-refractivity contribution in [2.24, 2.45) is 5.41 Å². The molecule has 2 fully saturated rings. The maximum absolute atomic E-state index is 12.9. The first kappa shape index (κ1) is 24.9. The van der Waals surface area contributed by atoms with Crippen LogP contribution in [0.5, 0.6) is 0 Å². The lowest BCUT2D eigenvalue weighted by molar-refractivity contribution is -0.143. The second-order valence-corrected chi connectivity index (χ2v) is 9.14. The number of hydrogen-bond donors (Lipinski definition) is 3. The predicted octanol–water partition coefficient (Wildman–Crippen LogP) is 4.63. The highest BCUT2D eigenvalue weighted by Gasteiger charge is 2.38. The lowest BCUT2D eigenvalue weighted by Crippen LogP contribution is -2.48. The summed E-state index contributed by atoms with van der Waals surface area (Å²) in [7, 11) is 0. The second kappa shape index (κ2) is 10.4. The van der Waals surface area contributed by atoms with Gasteiger partial charge in [0.1, 0.15) is 0 Å². The zero-order valence-electron chi connectivity index (χ0n) is 18.4. The average molecular weight is 470 g/mol. The lowest BCUT2D eigenvalue weighted by atomic mass is 9.69. The number of rotatable bonds is 6. The third-order valence-electron chi connectivity index (χ3n) is 6.62. The van der Waals surface area contributed by atoms with E-state index in [0.29, 0.717) is 25.9 Å². The number of aliphatic carboxylic acids is 1. The molecular weight excluding hydrogens is 439 g/mol. The minimum Gasteiger partial charge on any atom is -0.481 e. The Balaban J connectivity index is 1.45. The number of alkyl halides is 3. The number of nitrogens with zero attached hydrogens (tertiary/aromatic N) is 1. The van der Waals surface area contributed by atoms with Gasteiger partial charge in [0.2, 0.25) is 5.91 Å². The quantitative estimate of drug-likeness (QED) is 0.566. The van der Waals surface area contributed by atoms with Crippen LogP contribution in [0.3, 0.4) is 0 Å². The van der Waals surface area contributed by atoms with Crippen LogP contribution in [0, 0.1) is 5.41 Å². The number of piperidine rings is 1. The number of carbonyl (C=O) groups excluding carboxylic acids is 2. The van der Waals surface area contributed by atoms with Crippen LogP contribution in [-0.4, -0.2) is 47.0 Å². The number of benzene rings is 1. The van der Waals surface area contributed by atoms with Gasteiger partial charge in [0, 0.05) is 31.2 Å². The van der Waals surface area contributed by atoms with Crippen LogP contribution in [0.1, 0.15) is 63.4 Å². The van der Waals surface area contributed by atoms with E-state index < -0.39 is 29.2 Å². The number of carbonyl (C=O) groups is 3. The van der Waals surface area contributed by atoms with Crippen LogP contribution in [0.25, 0.3) is 0 Å². The molecule has 0 aromatic heterocycles. The molecule has 1 aliphatic heterocycles.